The van der Waals surface area contributed by atoms with Crippen LogP contribution in [-0.4, -0.2) is 37.5 Å². The minimum atomic E-state index is -3.48. The second kappa shape index (κ2) is 6.70. The van der Waals surface area contributed by atoms with E-state index in [1.165, 1.54) is 9.87 Å². The summed E-state index contributed by atoms with van der Waals surface area (Å²) in [6.45, 7) is 2.52. The molecule has 0 aliphatic heterocycles. The number of hydrogen-bond donors (Lipinski definition) is 1. The van der Waals surface area contributed by atoms with Crippen molar-refractivity contribution in [1.29, 1.82) is 0 Å². The predicted molar refractivity (Wildman–Crippen MR) is 79.2 cm³/mol. The molecule has 1 aromatic rings. The van der Waals surface area contributed by atoms with Crippen molar-refractivity contribution in [3.05, 3.63) is 29.3 Å². The Morgan fingerprint density at radius 2 is 1.95 bits per heavy atom. The third-order valence-corrected chi connectivity index (χ3v) is 5.71. The average molecular weight is 297 g/mol. The fourth-order valence-electron chi connectivity index (χ4n) is 2.66. The van der Waals surface area contributed by atoms with Gasteiger partial charge in [0.05, 0.1) is 11.5 Å². The van der Waals surface area contributed by atoms with Crippen LogP contribution in [-0.2, 0) is 22.9 Å². The first-order chi connectivity index (χ1) is 9.59. The number of sulfonamides is 1. The zero-order valence-electron chi connectivity index (χ0n) is 12.0. The normalized spacial score (nSPS) is 14.8. The standard InChI is InChI=1S/C15H23NO3S/c1-2-3-9-16(10-11-17)20(18,19)15-8-7-13-5-4-6-14(13)12-15/h7-8,12,17H,2-6,9-11H2,1H3. The molecular weight excluding hydrogens is 274 g/mol. The SMILES string of the molecule is CCCCN(CCO)S(=O)(=O)c1ccc2c(c1)CCC2. The van der Waals surface area contributed by atoms with Crippen LogP contribution in [0.4, 0.5) is 0 Å². The molecule has 0 fully saturated rings. The first-order valence-electron chi connectivity index (χ1n) is 7.32. The van der Waals surface area contributed by atoms with Crippen LogP contribution in [0.5, 0.6) is 0 Å². The number of nitrogens with zero attached hydrogens (tertiary/aromatic N) is 1. The van der Waals surface area contributed by atoms with Crippen molar-refractivity contribution in [3.63, 3.8) is 0 Å². The highest BCUT2D eigenvalue weighted by atomic mass is 32.2. The molecule has 1 N–H and O–H groups in total. The molecule has 20 heavy (non-hydrogen) atoms. The summed E-state index contributed by atoms with van der Waals surface area (Å²) in [7, 11) is -3.48. The van der Waals surface area contributed by atoms with Gasteiger partial charge in [0.25, 0.3) is 0 Å². The van der Waals surface area contributed by atoms with E-state index in [0.29, 0.717) is 11.4 Å². The molecule has 0 saturated carbocycles. The van der Waals surface area contributed by atoms with Crippen molar-refractivity contribution in [2.45, 2.75) is 43.9 Å². The summed E-state index contributed by atoms with van der Waals surface area (Å²) in [4.78, 5) is 0.364. The lowest BCUT2D eigenvalue weighted by Gasteiger charge is -2.21. The third-order valence-electron chi connectivity index (χ3n) is 3.82. The number of rotatable bonds is 7. The first kappa shape index (κ1) is 15.5. The quantitative estimate of drug-likeness (QED) is 0.837. The lowest BCUT2D eigenvalue weighted by molar-refractivity contribution is 0.252. The van der Waals surface area contributed by atoms with Gasteiger partial charge in [-0.2, -0.15) is 4.31 Å². The van der Waals surface area contributed by atoms with Gasteiger partial charge in [-0.25, -0.2) is 8.42 Å². The molecule has 5 heteroatoms. The summed E-state index contributed by atoms with van der Waals surface area (Å²) in [5.41, 5.74) is 2.43. The van der Waals surface area contributed by atoms with E-state index in [1.807, 2.05) is 19.1 Å². The van der Waals surface area contributed by atoms with E-state index in [9.17, 15) is 8.42 Å². The Kier molecular flexibility index (Phi) is 5.18. The van der Waals surface area contributed by atoms with E-state index in [0.717, 1.165) is 37.7 Å². The summed E-state index contributed by atoms with van der Waals surface area (Å²) in [5, 5.41) is 9.10. The van der Waals surface area contributed by atoms with Gasteiger partial charge in [-0.05, 0) is 48.9 Å². The number of fused-ring (bicyclic) bond motifs is 1. The number of aliphatic hydroxyl groups excluding tert-OH is 1. The smallest absolute Gasteiger partial charge is 0.243 e. The molecule has 0 bridgehead atoms. The minimum absolute atomic E-state index is 0.145. The van der Waals surface area contributed by atoms with Crippen LogP contribution >= 0.6 is 0 Å². The first-order valence-corrected chi connectivity index (χ1v) is 8.76. The summed E-state index contributed by atoms with van der Waals surface area (Å²) < 4.78 is 26.7. The maximum atomic E-state index is 12.6. The lowest BCUT2D eigenvalue weighted by Crippen LogP contribution is -2.34. The molecule has 1 aliphatic carbocycles. The zero-order valence-corrected chi connectivity index (χ0v) is 12.8. The van der Waals surface area contributed by atoms with Gasteiger partial charge in [0.1, 0.15) is 0 Å². The highest BCUT2D eigenvalue weighted by molar-refractivity contribution is 7.89. The van der Waals surface area contributed by atoms with E-state index >= 15 is 0 Å². The zero-order chi connectivity index (χ0) is 14.6. The van der Waals surface area contributed by atoms with Crippen molar-refractivity contribution >= 4 is 10.0 Å². The fourth-order valence-corrected chi connectivity index (χ4v) is 4.18. The van der Waals surface area contributed by atoms with Gasteiger partial charge in [-0.3, -0.25) is 0 Å². The Hall–Kier alpha value is -0.910. The summed E-state index contributed by atoms with van der Waals surface area (Å²) >= 11 is 0. The summed E-state index contributed by atoms with van der Waals surface area (Å²) in [5.74, 6) is 0. The Bertz CT molecular complexity index is 554. The molecule has 0 saturated heterocycles. The third kappa shape index (κ3) is 3.22. The molecule has 0 atom stereocenters. The molecule has 0 radical (unpaired) electrons. The topological polar surface area (TPSA) is 57.6 Å². The van der Waals surface area contributed by atoms with Gasteiger partial charge in [-0.15, -0.1) is 0 Å². The minimum Gasteiger partial charge on any atom is -0.395 e. The molecule has 0 spiro atoms. The molecule has 2 rings (SSSR count). The van der Waals surface area contributed by atoms with Crippen LogP contribution in [0.15, 0.2) is 23.1 Å². The number of unbranched alkanes of at least 4 members (excludes halogenated alkanes) is 1. The van der Waals surface area contributed by atoms with E-state index in [2.05, 4.69) is 0 Å². The Morgan fingerprint density at radius 3 is 2.65 bits per heavy atom. The second-order valence-corrected chi connectivity index (χ2v) is 7.20. The number of aliphatic hydroxyl groups is 1. The molecule has 1 aromatic carbocycles. The van der Waals surface area contributed by atoms with Crippen molar-refractivity contribution < 1.29 is 13.5 Å². The maximum absolute atomic E-state index is 12.6. The summed E-state index contributed by atoms with van der Waals surface area (Å²) in [6.07, 6.45) is 4.86. The van der Waals surface area contributed by atoms with Gasteiger partial charge in [0, 0.05) is 13.1 Å². The number of hydrogen-bond acceptors (Lipinski definition) is 3. The lowest BCUT2D eigenvalue weighted by atomic mass is 10.1. The van der Waals surface area contributed by atoms with Gasteiger partial charge < -0.3 is 5.11 Å². The van der Waals surface area contributed by atoms with Crippen molar-refractivity contribution in [2.75, 3.05) is 19.7 Å². The van der Waals surface area contributed by atoms with Crippen molar-refractivity contribution in [3.8, 4) is 0 Å². The highest BCUT2D eigenvalue weighted by Gasteiger charge is 2.25. The average Bonchev–Trinajstić information content (AvgIpc) is 2.90. The van der Waals surface area contributed by atoms with Crippen molar-refractivity contribution in [2.24, 2.45) is 0 Å². The summed E-state index contributed by atoms with van der Waals surface area (Å²) in [6, 6.07) is 5.45. The second-order valence-electron chi connectivity index (χ2n) is 5.27. The van der Waals surface area contributed by atoms with E-state index in [-0.39, 0.29) is 13.2 Å². The monoisotopic (exact) mass is 297 g/mol. The Morgan fingerprint density at radius 1 is 1.20 bits per heavy atom. The van der Waals surface area contributed by atoms with Gasteiger partial charge >= 0.3 is 0 Å². The maximum Gasteiger partial charge on any atom is 0.243 e. The van der Waals surface area contributed by atoms with Crippen LogP contribution < -0.4 is 0 Å². The van der Waals surface area contributed by atoms with Crippen LogP contribution in [0.3, 0.4) is 0 Å². The van der Waals surface area contributed by atoms with E-state index < -0.39 is 10.0 Å². The van der Waals surface area contributed by atoms with Crippen LogP contribution in [0.25, 0.3) is 0 Å². The Labute approximate surface area is 121 Å². The van der Waals surface area contributed by atoms with Crippen LogP contribution in [0.1, 0.15) is 37.3 Å². The molecule has 1 aliphatic rings. The fraction of sp³-hybridized carbons (Fsp3) is 0.600. The molecule has 112 valence electrons. The molecule has 0 aromatic heterocycles. The van der Waals surface area contributed by atoms with Gasteiger partial charge in [-0.1, -0.05) is 19.4 Å². The number of aryl methyl sites for hydroxylation is 2. The number of benzene rings is 1. The molecule has 4 nitrogen and oxygen atoms in total. The highest BCUT2D eigenvalue weighted by Crippen LogP contribution is 2.26. The van der Waals surface area contributed by atoms with E-state index in [4.69, 9.17) is 5.11 Å². The molecule has 0 heterocycles. The van der Waals surface area contributed by atoms with Crippen molar-refractivity contribution in [1.82, 2.24) is 4.31 Å². The van der Waals surface area contributed by atoms with Gasteiger partial charge in [0.2, 0.25) is 10.0 Å². The predicted octanol–water partition coefficient (Wildman–Crippen LogP) is 1.96. The molecule has 0 unspecified atom stereocenters. The van der Waals surface area contributed by atoms with Gasteiger partial charge in [0.15, 0.2) is 0 Å². The largest absolute Gasteiger partial charge is 0.395 e. The van der Waals surface area contributed by atoms with Crippen LogP contribution in [0.2, 0.25) is 0 Å². The van der Waals surface area contributed by atoms with Crippen LogP contribution in [0, 0.1) is 0 Å². The molecule has 0 amide bonds. The van der Waals surface area contributed by atoms with E-state index in [1.54, 1.807) is 6.07 Å². The molecular formula is C15H23NO3S. The Balaban J connectivity index is 2.27.